The fourth-order valence-corrected chi connectivity index (χ4v) is 4.07. The molecule has 8 nitrogen and oxygen atoms in total. The Morgan fingerprint density at radius 2 is 1.72 bits per heavy atom. The molecule has 0 saturated carbocycles. The first-order valence-electron chi connectivity index (χ1n) is 10.1. The number of benzene rings is 2. The number of carbonyl (C=O) groups is 3. The largest absolute Gasteiger partial charge is 0.496 e. The predicted octanol–water partition coefficient (Wildman–Crippen LogP) is 3.62. The van der Waals surface area contributed by atoms with Crippen LogP contribution in [0.4, 0.5) is 16.2 Å². The van der Waals surface area contributed by atoms with Crippen molar-refractivity contribution in [2.24, 2.45) is 0 Å². The lowest BCUT2D eigenvalue weighted by Crippen LogP contribution is -2.54. The van der Waals surface area contributed by atoms with Gasteiger partial charge in [0.2, 0.25) is 0 Å². The van der Waals surface area contributed by atoms with Crippen molar-refractivity contribution in [1.82, 2.24) is 5.32 Å². The number of amides is 4. The third-order valence-electron chi connectivity index (χ3n) is 5.45. The molecule has 4 amide bonds. The number of carbonyl (C=O) groups excluding carboxylic acids is 3. The number of imide groups is 2. The first kappa shape index (κ1) is 21.7. The monoisotopic (exact) mass is 455 g/mol. The molecule has 9 heteroatoms. The maximum atomic E-state index is 13.1. The number of rotatable bonds is 5. The van der Waals surface area contributed by atoms with Crippen LogP contribution in [0.25, 0.3) is 6.08 Å². The Bertz CT molecular complexity index is 1120. The Morgan fingerprint density at radius 3 is 2.38 bits per heavy atom. The van der Waals surface area contributed by atoms with Gasteiger partial charge in [-0.3, -0.25) is 14.9 Å². The number of barbiturate groups is 1. The summed E-state index contributed by atoms with van der Waals surface area (Å²) in [7, 11) is 3.08. The van der Waals surface area contributed by atoms with Gasteiger partial charge in [-0.2, -0.15) is 0 Å². The summed E-state index contributed by atoms with van der Waals surface area (Å²) in [6.45, 7) is 1.83. The minimum atomic E-state index is -0.839. The maximum Gasteiger partial charge on any atom is 0.335 e. The first-order chi connectivity index (χ1) is 15.4. The fraction of sp³-hybridized carbons (Fsp3) is 0.261. The molecule has 0 unspecified atom stereocenters. The number of nitrogens with zero attached hydrogens (tertiary/aromatic N) is 2. The minimum absolute atomic E-state index is 0.209. The van der Waals surface area contributed by atoms with E-state index in [1.807, 2.05) is 6.07 Å². The fourth-order valence-electron chi connectivity index (χ4n) is 3.89. The number of methoxy groups -OCH3 is 2. The molecule has 0 aliphatic carbocycles. The van der Waals surface area contributed by atoms with E-state index in [0.29, 0.717) is 22.1 Å². The van der Waals surface area contributed by atoms with E-state index in [9.17, 15) is 14.4 Å². The molecular weight excluding hydrogens is 434 g/mol. The minimum Gasteiger partial charge on any atom is -0.496 e. The standard InChI is InChI=1S/C23H22ClN3O5/c1-31-19-13-18(26-8-3-4-9-26)20(32-2)11-14(19)10-17-21(28)25-23(30)27(22(17)29)16-7-5-6-15(24)12-16/h5-7,10-13H,3-4,8-9H2,1-2H3,(H,25,28,30)/b17-10+. The van der Waals surface area contributed by atoms with Crippen molar-refractivity contribution in [2.75, 3.05) is 37.1 Å². The zero-order chi connectivity index (χ0) is 22.8. The van der Waals surface area contributed by atoms with Gasteiger partial charge >= 0.3 is 6.03 Å². The summed E-state index contributed by atoms with van der Waals surface area (Å²) in [6, 6.07) is 8.99. The van der Waals surface area contributed by atoms with Gasteiger partial charge in [-0.25, -0.2) is 9.69 Å². The molecule has 0 bridgehead atoms. The second-order valence-corrected chi connectivity index (χ2v) is 7.83. The van der Waals surface area contributed by atoms with Crippen LogP contribution in [0.5, 0.6) is 11.5 Å². The Hall–Kier alpha value is -3.52. The molecule has 0 radical (unpaired) electrons. The highest BCUT2D eigenvalue weighted by Gasteiger charge is 2.37. The van der Waals surface area contributed by atoms with E-state index in [1.54, 1.807) is 31.4 Å². The number of hydrogen-bond donors (Lipinski definition) is 1. The molecule has 2 aliphatic heterocycles. The van der Waals surface area contributed by atoms with E-state index in [-0.39, 0.29) is 11.3 Å². The van der Waals surface area contributed by atoms with Crippen LogP contribution in [-0.4, -0.2) is 45.2 Å². The van der Waals surface area contributed by atoms with Gasteiger partial charge in [0.25, 0.3) is 11.8 Å². The van der Waals surface area contributed by atoms with E-state index >= 15 is 0 Å². The molecule has 0 spiro atoms. The van der Waals surface area contributed by atoms with Gasteiger partial charge in [0, 0.05) is 29.7 Å². The first-order valence-corrected chi connectivity index (χ1v) is 10.5. The van der Waals surface area contributed by atoms with Crippen LogP contribution in [-0.2, 0) is 9.59 Å². The number of ether oxygens (including phenoxy) is 2. The third kappa shape index (κ3) is 4.01. The molecule has 2 aromatic carbocycles. The normalized spacial score (nSPS) is 17.7. The van der Waals surface area contributed by atoms with Crippen molar-refractivity contribution in [3.05, 3.63) is 52.6 Å². The van der Waals surface area contributed by atoms with E-state index in [0.717, 1.165) is 36.5 Å². The third-order valence-corrected chi connectivity index (χ3v) is 5.68. The van der Waals surface area contributed by atoms with E-state index in [4.69, 9.17) is 21.1 Å². The lowest BCUT2D eigenvalue weighted by Gasteiger charge is -2.27. The van der Waals surface area contributed by atoms with Gasteiger partial charge in [-0.15, -0.1) is 0 Å². The van der Waals surface area contributed by atoms with E-state index in [2.05, 4.69) is 10.2 Å². The van der Waals surface area contributed by atoms with Crippen LogP contribution in [0.3, 0.4) is 0 Å². The second kappa shape index (κ2) is 8.92. The van der Waals surface area contributed by atoms with Crippen molar-refractivity contribution in [2.45, 2.75) is 12.8 Å². The van der Waals surface area contributed by atoms with Crippen molar-refractivity contribution >= 4 is 46.9 Å². The number of hydrogen-bond acceptors (Lipinski definition) is 6. The topological polar surface area (TPSA) is 88.2 Å². The van der Waals surface area contributed by atoms with Crippen molar-refractivity contribution in [1.29, 1.82) is 0 Å². The summed E-state index contributed by atoms with van der Waals surface area (Å²) in [4.78, 5) is 41.2. The van der Waals surface area contributed by atoms with Gasteiger partial charge < -0.3 is 14.4 Å². The van der Waals surface area contributed by atoms with Crippen LogP contribution in [0, 0.1) is 0 Å². The summed E-state index contributed by atoms with van der Waals surface area (Å²) in [5, 5.41) is 2.56. The summed E-state index contributed by atoms with van der Waals surface area (Å²) in [5.74, 6) is -0.466. The molecular formula is C23H22ClN3O5. The molecule has 32 heavy (non-hydrogen) atoms. The maximum absolute atomic E-state index is 13.1. The number of urea groups is 1. The summed E-state index contributed by atoms with van der Waals surface area (Å²) in [6.07, 6.45) is 3.59. The molecule has 2 aromatic rings. The zero-order valence-corrected chi connectivity index (χ0v) is 18.4. The summed E-state index contributed by atoms with van der Waals surface area (Å²) < 4.78 is 11.1. The molecule has 2 heterocycles. The lowest BCUT2D eigenvalue weighted by atomic mass is 10.0. The van der Waals surface area contributed by atoms with Crippen LogP contribution in [0.15, 0.2) is 42.0 Å². The number of nitrogens with one attached hydrogen (secondary N) is 1. The molecule has 2 fully saturated rings. The van der Waals surface area contributed by atoms with Crippen molar-refractivity contribution < 1.29 is 23.9 Å². The van der Waals surface area contributed by atoms with Gasteiger partial charge in [-0.1, -0.05) is 17.7 Å². The van der Waals surface area contributed by atoms with Gasteiger partial charge in [0.05, 0.1) is 25.6 Å². The van der Waals surface area contributed by atoms with Gasteiger partial charge in [-0.05, 0) is 43.2 Å². The highest BCUT2D eigenvalue weighted by Crippen LogP contribution is 2.38. The van der Waals surface area contributed by atoms with Crippen LogP contribution < -0.4 is 24.6 Å². The van der Waals surface area contributed by atoms with E-state index < -0.39 is 17.8 Å². The molecule has 4 rings (SSSR count). The number of anilines is 2. The molecule has 0 aromatic heterocycles. The quantitative estimate of drug-likeness (QED) is 0.547. The predicted molar refractivity (Wildman–Crippen MR) is 121 cm³/mol. The SMILES string of the molecule is COc1cc(N2CCCC2)c(OC)cc1/C=C1\C(=O)NC(=O)N(c2cccc(Cl)c2)C1=O. The second-order valence-electron chi connectivity index (χ2n) is 7.40. The van der Waals surface area contributed by atoms with Crippen LogP contribution in [0.1, 0.15) is 18.4 Å². The average Bonchev–Trinajstić information content (AvgIpc) is 3.30. The van der Waals surface area contributed by atoms with Gasteiger partial charge in [0.1, 0.15) is 17.1 Å². The number of halogens is 1. The zero-order valence-electron chi connectivity index (χ0n) is 17.7. The average molecular weight is 456 g/mol. The molecule has 166 valence electrons. The Balaban J connectivity index is 1.76. The Labute approximate surface area is 190 Å². The Morgan fingerprint density at radius 1 is 1.00 bits per heavy atom. The highest BCUT2D eigenvalue weighted by atomic mass is 35.5. The van der Waals surface area contributed by atoms with Gasteiger partial charge in [0.15, 0.2) is 0 Å². The Kier molecular flexibility index (Phi) is 6.05. The van der Waals surface area contributed by atoms with Crippen LogP contribution in [0.2, 0.25) is 5.02 Å². The van der Waals surface area contributed by atoms with Crippen molar-refractivity contribution in [3.63, 3.8) is 0 Å². The van der Waals surface area contributed by atoms with Crippen molar-refractivity contribution in [3.8, 4) is 11.5 Å². The lowest BCUT2D eigenvalue weighted by molar-refractivity contribution is -0.122. The van der Waals surface area contributed by atoms with Crippen LogP contribution >= 0.6 is 11.6 Å². The van der Waals surface area contributed by atoms with E-state index in [1.165, 1.54) is 19.3 Å². The molecule has 2 saturated heterocycles. The summed E-state index contributed by atoms with van der Waals surface area (Å²) >= 11 is 6.01. The highest BCUT2D eigenvalue weighted by molar-refractivity contribution is 6.39. The molecule has 0 atom stereocenters. The molecule has 2 aliphatic rings. The molecule has 1 N–H and O–H groups in total. The summed E-state index contributed by atoms with van der Waals surface area (Å²) in [5.41, 5.74) is 1.41. The smallest absolute Gasteiger partial charge is 0.335 e.